The molecule has 0 spiro atoms. The maximum atomic E-state index is 12.3. The lowest BCUT2D eigenvalue weighted by Gasteiger charge is -2.32. The second-order valence-corrected chi connectivity index (χ2v) is 9.10. The zero-order valence-electron chi connectivity index (χ0n) is 16.4. The third kappa shape index (κ3) is 6.28. The van der Waals surface area contributed by atoms with Crippen LogP contribution in [0, 0.1) is 6.92 Å². The third-order valence-corrected chi connectivity index (χ3v) is 5.03. The average Bonchev–Trinajstić information content (AvgIpc) is 2.59. The van der Waals surface area contributed by atoms with Gasteiger partial charge >= 0.3 is 0 Å². The number of likely N-dealkylation sites (tertiary alicyclic amines) is 1. The summed E-state index contributed by atoms with van der Waals surface area (Å²) >= 11 is 11.2. The van der Waals surface area contributed by atoms with Crippen molar-refractivity contribution in [3.8, 4) is 5.75 Å². The van der Waals surface area contributed by atoms with Crippen LogP contribution in [0.2, 0.25) is 0 Å². The number of halogens is 2. The van der Waals surface area contributed by atoms with Crippen molar-refractivity contribution in [2.75, 3.05) is 19.7 Å². The number of carbonyl (C=O) groups excluding carboxylic acids is 2. The Morgan fingerprint density at radius 3 is 2.44 bits per heavy atom. The number of ether oxygens (including phenoxy) is 1. The largest absolute Gasteiger partial charge is 0.483 e. The van der Waals surface area contributed by atoms with Crippen LogP contribution in [0.3, 0.4) is 0 Å². The van der Waals surface area contributed by atoms with Gasteiger partial charge in [0, 0.05) is 19.1 Å². The molecule has 1 aromatic carbocycles. The first kappa shape index (κ1) is 21.8. The molecular formula is C20H28Cl2N2O3. The van der Waals surface area contributed by atoms with Crippen LogP contribution in [0.1, 0.15) is 44.7 Å². The Balaban J connectivity index is 1.85. The molecule has 1 saturated heterocycles. The summed E-state index contributed by atoms with van der Waals surface area (Å²) in [5.41, 5.74) is 2.17. The summed E-state index contributed by atoms with van der Waals surface area (Å²) in [6, 6.07) is 6.02. The Kier molecular flexibility index (Phi) is 7.40. The van der Waals surface area contributed by atoms with Crippen LogP contribution >= 0.6 is 23.2 Å². The minimum atomic E-state index is -1.03. The molecule has 1 N–H and O–H groups in total. The molecule has 1 aromatic rings. The summed E-state index contributed by atoms with van der Waals surface area (Å²) < 4.78 is 5.80. The van der Waals surface area contributed by atoms with E-state index in [-0.39, 0.29) is 29.9 Å². The molecule has 2 rings (SSSR count). The molecule has 7 heteroatoms. The van der Waals surface area contributed by atoms with E-state index < -0.39 is 4.84 Å². The van der Waals surface area contributed by atoms with Crippen molar-refractivity contribution in [1.29, 1.82) is 0 Å². The molecule has 5 nitrogen and oxygen atoms in total. The first-order chi connectivity index (χ1) is 12.6. The lowest BCUT2D eigenvalue weighted by Crippen LogP contribution is -2.48. The summed E-state index contributed by atoms with van der Waals surface area (Å²) in [6.45, 7) is 9.44. The van der Waals surface area contributed by atoms with Gasteiger partial charge in [0.05, 0.1) is 0 Å². The Morgan fingerprint density at radius 1 is 1.26 bits per heavy atom. The molecule has 0 saturated carbocycles. The summed E-state index contributed by atoms with van der Waals surface area (Å²) in [7, 11) is 0. The van der Waals surface area contributed by atoms with Crippen molar-refractivity contribution in [1.82, 2.24) is 10.2 Å². The fourth-order valence-electron chi connectivity index (χ4n) is 3.15. The van der Waals surface area contributed by atoms with E-state index in [2.05, 4.69) is 32.2 Å². The van der Waals surface area contributed by atoms with Crippen LogP contribution < -0.4 is 10.1 Å². The molecular weight excluding hydrogens is 387 g/mol. The standard InChI is InChI=1S/C20H28Cl2N2O3/c1-13-5-6-16(15(11-13)20(2,3)4)27-12-17(25)23-14-7-9-24(10-8-14)19(26)18(21)22/h5-6,11,14,18H,7-10,12H2,1-4H3,(H,23,25). The number of rotatable bonds is 5. The Labute approximate surface area is 171 Å². The number of alkyl halides is 2. The number of piperidine rings is 1. The Bertz CT molecular complexity index is 678. The molecule has 0 aromatic heterocycles. The molecule has 27 heavy (non-hydrogen) atoms. The monoisotopic (exact) mass is 414 g/mol. The molecule has 2 amide bonds. The van der Waals surface area contributed by atoms with Crippen LogP contribution in [-0.4, -0.2) is 47.3 Å². The lowest BCUT2D eigenvalue weighted by atomic mass is 9.85. The number of carbonyl (C=O) groups is 2. The van der Waals surface area contributed by atoms with Crippen LogP contribution in [0.4, 0.5) is 0 Å². The highest BCUT2D eigenvalue weighted by atomic mass is 35.5. The van der Waals surface area contributed by atoms with E-state index >= 15 is 0 Å². The quantitative estimate of drug-likeness (QED) is 0.748. The van der Waals surface area contributed by atoms with Crippen molar-refractivity contribution in [3.63, 3.8) is 0 Å². The van der Waals surface area contributed by atoms with Crippen molar-refractivity contribution >= 4 is 35.0 Å². The predicted octanol–water partition coefficient (Wildman–Crippen LogP) is 3.58. The number of nitrogens with one attached hydrogen (secondary N) is 1. The van der Waals surface area contributed by atoms with Gasteiger partial charge in [-0.2, -0.15) is 0 Å². The van der Waals surface area contributed by atoms with Crippen LogP contribution in [0.25, 0.3) is 0 Å². The number of hydrogen-bond acceptors (Lipinski definition) is 3. The fraction of sp³-hybridized carbons (Fsp3) is 0.600. The van der Waals surface area contributed by atoms with Crippen molar-refractivity contribution in [2.24, 2.45) is 0 Å². The van der Waals surface area contributed by atoms with E-state index in [0.29, 0.717) is 25.9 Å². The molecule has 1 heterocycles. The van der Waals surface area contributed by atoms with Gasteiger partial charge in [-0.3, -0.25) is 9.59 Å². The number of hydrogen-bond donors (Lipinski definition) is 1. The molecule has 1 fully saturated rings. The van der Waals surface area contributed by atoms with E-state index in [0.717, 1.165) is 16.9 Å². The average molecular weight is 415 g/mol. The van der Waals surface area contributed by atoms with Crippen LogP contribution in [-0.2, 0) is 15.0 Å². The van der Waals surface area contributed by atoms with E-state index in [1.165, 1.54) is 0 Å². The van der Waals surface area contributed by atoms with Gasteiger partial charge in [-0.05, 0) is 36.8 Å². The first-order valence-electron chi connectivity index (χ1n) is 9.18. The van der Waals surface area contributed by atoms with E-state index in [9.17, 15) is 9.59 Å². The molecule has 1 aliphatic heterocycles. The van der Waals surface area contributed by atoms with E-state index in [1.807, 2.05) is 19.1 Å². The summed E-state index contributed by atoms with van der Waals surface area (Å²) in [6.07, 6.45) is 1.35. The van der Waals surface area contributed by atoms with Gasteiger partial charge in [-0.1, -0.05) is 61.7 Å². The Morgan fingerprint density at radius 2 is 1.89 bits per heavy atom. The summed E-state index contributed by atoms with van der Waals surface area (Å²) in [4.78, 5) is 24.7. The van der Waals surface area contributed by atoms with Gasteiger partial charge in [0.15, 0.2) is 11.4 Å². The molecule has 0 radical (unpaired) electrons. The van der Waals surface area contributed by atoms with Crippen molar-refractivity contribution in [2.45, 2.75) is 56.8 Å². The van der Waals surface area contributed by atoms with Crippen LogP contribution in [0.5, 0.6) is 5.75 Å². The minimum Gasteiger partial charge on any atom is -0.483 e. The van der Waals surface area contributed by atoms with Gasteiger partial charge in [0.2, 0.25) is 0 Å². The molecule has 0 aliphatic carbocycles. The SMILES string of the molecule is Cc1ccc(OCC(=O)NC2CCN(C(=O)C(Cl)Cl)CC2)c(C(C)(C)C)c1. The smallest absolute Gasteiger partial charge is 0.258 e. The Hall–Kier alpha value is -1.46. The molecule has 1 aliphatic rings. The molecule has 0 atom stereocenters. The van der Waals surface area contributed by atoms with Gasteiger partial charge in [0.1, 0.15) is 5.75 Å². The number of aryl methyl sites for hydroxylation is 1. The topological polar surface area (TPSA) is 58.6 Å². The second-order valence-electron chi connectivity index (χ2n) is 8.01. The second kappa shape index (κ2) is 9.16. The number of amides is 2. The van der Waals surface area contributed by atoms with Crippen molar-refractivity contribution < 1.29 is 14.3 Å². The zero-order valence-corrected chi connectivity index (χ0v) is 17.9. The van der Waals surface area contributed by atoms with Gasteiger partial charge < -0.3 is 15.0 Å². The molecule has 0 bridgehead atoms. The van der Waals surface area contributed by atoms with Gasteiger partial charge in [-0.25, -0.2) is 0 Å². The highest BCUT2D eigenvalue weighted by Crippen LogP contribution is 2.32. The summed E-state index contributed by atoms with van der Waals surface area (Å²) in [5, 5.41) is 2.98. The molecule has 0 unspecified atom stereocenters. The zero-order chi connectivity index (χ0) is 20.2. The van der Waals surface area contributed by atoms with Crippen LogP contribution in [0.15, 0.2) is 18.2 Å². The van der Waals surface area contributed by atoms with E-state index in [4.69, 9.17) is 27.9 Å². The maximum Gasteiger partial charge on any atom is 0.258 e. The predicted molar refractivity (Wildman–Crippen MR) is 109 cm³/mol. The third-order valence-electron chi connectivity index (χ3n) is 4.66. The highest BCUT2D eigenvalue weighted by Gasteiger charge is 2.27. The summed E-state index contributed by atoms with van der Waals surface area (Å²) in [5.74, 6) is 0.298. The fourth-order valence-corrected chi connectivity index (χ4v) is 3.43. The van der Waals surface area contributed by atoms with Gasteiger partial charge in [0.25, 0.3) is 11.8 Å². The maximum absolute atomic E-state index is 12.3. The first-order valence-corrected chi connectivity index (χ1v) is 10.1. The highest BCUT2D eigenvalue weighted by molar-refractivity contribution is 6.53. The van der Waals surface area contributed by atoms with E-state index in [1.54, 1.807) is 4.90 Å². The number of benzene rings is 1. The number of nitrogens with zero attached hydrogens (tertiary/aromatic N) is 1. The normalized spacial score (nSPS) is 15.7. The molecule has 150 valence electrons. The van der Waals surface area contributed by atoms with Gasteiger partial charge in [-0.15, -0.1) is 0 Å². The minimum absolute atomic E-state index is 0.0226. The lowest BCUT2D eigenvalue weighted by molar-refractivity contribution is -0.130. The van der Waals surface area contributed by atoms with Crippen molar-refractivity contribution in [3.05, 3.63) is 29.3 Å².